The smallest absolute Gasteiger partial charge is 0.329 e. The summed E-state index contributed by atoms with van der Waals surface area (Å²) in [5, 5.41) is 5.55. The van der Waals surface area contributed by atoms with Crippen LogP contribution in [0.3, 0.4) is 0 Å². The van der Waals surface area contributed by atoms with Gasteiger partial charge in [0.1, 0.15) is 23.6 Å². The zero-order valence-electron chi connectivity index (χ0n) is 30.5. The molecule has 1 fully saturated rings. The van der Waals surface area contributed by atoms with Gasteiger partial charge < -0.3 is 29.9 Å². The Labute approximate surface area is 285 Å². The molecule has 268 valence electrons. The molecule has 48 heavy (non-hydrogen) atoms. The standard InChI is InChI=1S/C36H56N4O8/c1-12-13-26-23(8)31(42)29(20(2)3)34(44)40(10)30(21(4)5)36(46)48-32(22(6)7)35(45)39(9)27(33(43)37-19-28(41)38-26)18-24-14-16-25(47-11)17-15-24/h14-17,20-23,26-27,29-30,32H,12-13,18-19H2,1-11H3,(H,37,43)(H,38,41). The zero-order valence-corrected chi connectivity index (χ0v) is 30.5. The van der Waals surface area contributed by atoms with Crippen molar-refractivity contribution in [3.63, 3.8) is 0 Å². The van der Waals surface area contributed by atoms with E-state index in [0.717, 1.165) is 5.56 Å². The number of nitrogens with zero attached hydrogens (tertiary/aromatic N) is 2. The van der Waals surface area contributed by atoms with E-state index in [9.17, 15) is 28.8 Å². The van der Waals surface area contributed by atoms with E-state index in [1.54, 1.807) is 79.8 Å². The fraction of sp³-hybridized carbons (Fsp3) is 0.667. The van der Waals surface area contributed by atoms with Gasteiger partial charge in [0, 0.05) is 32.5 Å². The second-order valence-corrected chi connectivity index (χ2v) is 13.8. The molecule has 6 unspecified atom stereocenters. The number of likely N-dealkylation sites (N-methyl/N-ethyl adjacent to an activating group) is 2. The lowest BCUT2D eigenvalue weighted by atomic mass is 9.80. The highest BCUT2D eigenvalue weighted by Crippen LogP contribution is 2.26. The fourth-order valence-corrected chi connectivity index (χ4v) is 6.16. The van der Waals surface area contributed by atoms with Crippen molar-refractivity contribution < 1.29 is 38.2 Å². The number of hydrogen-bond donors (Lipinski definition) is 2. The molecule has 1 aromatic rings. The van der Waals surface area contributed by atoms with Crippen molar-refractivity contribution in [2.75, 3.05) is 27.7 Å². The number of hydrogen-bond acceptors (Lipinski definition) is 8. The summed E-state index contributed by atoms with van der Waals surface area (Å²) in [4.78, 5) is 85.3. The van der Waals surface area contributed by atoms with E-state index >= 15 is 0 Å². The minimum atomic E-state index is -1.28. The van der Waals surface area contributed by atoms with Gasteiger partial charge in [-0.2, -0.15) is 0 Å². The number of amides is 4. The summed E-state index contributed by atoms with van der Waals surface area (Å²) in [6, 6.07) is 4.29. The molecule has 6 atom stereocenters. The van der Waals surface area contributed by atoms with Crippen LogP contribution in [-0.2, 0) is 39.9 Å². The van der Waals surface area contributed by atoms with Crippen LogP contribution in [0.4, 0.5) is 0 Å². The Kier molecular flexibility index (Phi) is 15.1. The molecule has 0 aliphatic carbocycles. The van der Waals surface area contributed by atoms with Gasteiger partial charge in [-0.3, -0.25) is 24.0 Å². The normalized spacial score (nSPS) is 26.0. The molecule has 0 aromatic heterocycles. The summed E-state index contributed by atoms with van der Waals surface area (Å²) >= 11 is 0. The minimum Gasteiger partial charge on any atom is -0.497 e. The van der Waals surface area contributed by atoms with Gasteiger partial charge in [0.15, 0.2) is 6.10 Å². The first-order valence-corrected chi connectivity index (χ1v) is 16.9. The highest BCUT2D eigenvalue weighted by molar-refractivity contribution is 6.04. The molecule has 1 saturated heterocycles. The van der Waals surface area contributed by atoms with Gasteiger partial charge in [0.05, 0.1) is 19.6 Å². The summed E-state index contributed by atoms with van der Waals surface area (Å²) in [6.07, 6.45) is -0.0520. The van der Waals surface area contributed by atoms with Gasteiger partial charge in [-0.05, 0) is 41.9 Å². The van der Waals surface area contributed by atoms with Crippen LogP contribution in [0.15, 0.2) is 24.3 Å². The van der Waals surface area contributed by atoms with Crippen molar-refractivity contribution in [1.29, 1.82) is 0 Å². The van der Waals surface area contributed by atoms with E-state index in [4.69, 9.17) is 9.47 Å². The van der Waals surface area contributed by atoms with Gasteiger partial charge in [-0.15, -0.1) is 0 Å². The molecule has 0 bridgehead atoms. The molecule has 2 N–H and O–H groups in total. The Hall–Kier alpha value is -3.96. The highest BCUT2D eigenvalue weighted by Gasteiger charge is 2.43. The average Bonchev–Trinajstić information content (AvgIpc) is 3.03. The van der Waals surface area contributed by atoms with Crippen molar-refractivity contribution in [3.8, 4) is 5.75 Å². The summed E-state index contributed by atoms with van der Waals surface area (Å²) < 4.78 is 11.1. The van der Waals surface area contributed by atoms with Crippen LogP contribution in [-0.4, -0.2) is 97.2 Å². The van der Waals surface area contributed by atoms with Gasteiger partial charge >= 0.3 is 5.97 Å². The monoisotopic (exact) mass is 672 g/mol. The SMILES string of the molecule is CCCC1NC(=O)CNC(=O)C(Cc2ccc(OC)cc2)N(C)C(=O)C(C(C)C)OC(=O)C(C(C)C)N(C)C(=O)C(C(C)C)C(=O)C1C. The number of Topliss-reactive ketones (excluding diaryl/α,β-unsaturated/α-hetero) is 1. The zero-order chi connectivity index (χ0) is 36.5. The van der Waals surface area contributed by atoms with Crippen molar-refractivity contribution in [2.24, 2.45) is 29.6 Å². The van der Waals surface area contributed by atoms with Crippen LogP contribution < -0.4 is 15.4 Å². The van der Waals surface area contributed by atoms with Gasteiger partial charge in [-0.25, -0.2) is 4.79 Å². The maximum atomic E-state index is 14.0. The lowest BCUT2D eigenvalue weighted by molar-refractivity contribution is -0.172. The van der Waals surface area contributed by atoms with Crippen LogP contribution in [0.25, 0.3) is 0 Å². The van der Waals surface area contributed by atoms with Crippen LogP contribution in [0.1, 0.15) is 73.8 Å². The molecular formula is C36H56N4O8. The van der Waals surface area contributed by atoms with E-state index in [-0.39, 0.29) is 12.2 Å². The molecule has 0 saturated carbocycles. The summed E-state index contributed by atoms with van der Waals surface area (Å²) in [5.74, 6) is -5.84. The van der Waals surface area contributed by atoms with E-state index in [1.807, 2.05) is 6.92 Å². The van der Waals surface area contributed by atoms with E-state index < -0.39 is 90.0 Å². The maximum absolute atomic E-state index is 14.0. The number of rotatable bonds is 8. The predicted molar refractivity (Wildman–Crippen MR) is 182 cm³/mol. The van der Waals surface area contributed by atoms with Crippen LogP contribution in [0.5, 0.6) is 5.75 Å². The summed E-state index contributed by atoms with van der Waals surface area (Å²) in [6.45, 7) is 13.7. The third-order valence-corrected chi connectivity index (χ3v) is 9.10. The largest absolute Gasteiger partial charge is 0.497 e. The van der Waals surface area contributed by atoms with Gasteiger partial charge in [0.2, 0.25) is 17.7 Å². The lowest BCUT2D eigenvalue weighted by Gasteiger charge is -2.36. The number of ketones is 1. The summed E-state index contributed by atoms with van der Waals surface area (Å²) in [7, 11) is 4.48. The third-order valence-electron chi connectivity index (χ3n) is 9.10. The van der Waals surface area contributed by atoms with Crippen LogP contribution in [0.2, 0.25) is 0 Å². The van der Waals surface area contributed by atoms with Gasteiger partial charge in [0.25, 0.3) is 5.91 Å². The van der Waals surface area contributed by atoms with Crippen molar-refractivity contribution in [2.45, 2.75) is 98.9 Å². The quantitative estimate of drug-likeness (QED) is 0.316. The molecule has 1 heterocycles. The number of carbonyl (C=O) groups excluding carboxylic acids is 6. The molecule has 12 nitrogen and oxygen atoms in total. The first-order valence-electron chi connectivity index (χ1n) is 16.9. The topological polar surface area (TPSA) is 151 Å². The van der Waals surface area contributed by atoms with Crippen LogP contribution in [0, 0.1) is 29.6 Å². The van der Waals surface area contributed by atoms with Gasteiger partial charge in [-0.1, -0.05) is 73.9 Å². The van der Waals surface area contributed by atoms with E-state index in [2.05, 4.69) is 10.6 Å². The first kappa shape index (κ1) is 40.2. The van der Waals surface area contributed by atoms with E-state index in [0.29, 0.717) is 18.6 Å². The molecule has 0 radical (unpaired) electrons. The molecule has 1 aliphatic heterocycles. The molecule has 4 amide bonds. The third kappa shape index (κ3) is 10.0. The number of cyclic esters (lactones) is 1. The molecule has 2 rings (SSSR count). The Morgan fingerprint density at radius 1 is 0.875 bits per heavy atom. The van der Waals surface area contributed by atoms with Crippen molar-refractivity contribution >= 4 is 35.4 Å². The molecule has 1 aromatic carbocycles. The molecular weight excluding hydrogens is 616 g/mol. The van der Waals surface area contributed by atoms with E-state index in [1.165, 1.54) is 23.9 Å². The van der Waals surface area contributed by atoms with Crippen molar-refractivity contribution in [3.05, 3.63) is 29.8 Å². The number of nitrogens with one attached hydrogen (secondary N) is 2. The lowest BCUT2D eigenvalue weighted by Crippen LogP contribution is -2.57. The minimum absolute atomic E-state index is 0.102. The molecule has 0 spiro atoms. The maximum Gasteiger partial charge on any atom is 0.329 e. The number of esters is 1. The average molecular weight is 673 g/mol. The number of benzene rings is 1. The Morgan fingerprint density at radius 2 is 1.48 bits per heavy atom. The number of methoxy groups -OCH3 is 1. The molecule has 12 heteroatoms. The van der Waals surface area contributed by atoms with Crippen molar-refractivity contribution in [1.82, 2.24) is 20.4 Å². The Morgan fingerprint density at radius 3 is 1.98 bits per heavy atom. The van der Waals surface area contributed by atoms with Crippen LogP contribution >= 0.6 is 0 Å². The fourth-order valence-electron chi connectivity index (χ4n) is 6.16. The second kappa shape index (κ2) is 18.0. The Balaban J connectivity index is 2.66. The highest BCUT2D eigenvalue weighted by atomic mass is 16.6. The molecule has 1 aliphatic rings. The first-order chi connectivity index (χ1) is 22.5. The number of ether oxygens (including phenoxy) is 2. The second-order valence-electron chi connectivity index (χ2n) is 13.8. The summed E-state index contributed by atoms with van der Waals surface area (Å²) in [5.41, 5.74) is 0.732. The Bertz CT molecular complexity index is 1300. The number of carbonyl (C=O) groups is 6. The predicted octanol–water partition coefficient (Wildman–Crippen LogP) is 3.01.